The molecule has 2 N–H and O–H groups in total. The average molecular weight is 188 g/mol. The minimum Gasteiger partial charge on any atom is -0.367 e. The summed E-state index contributed by atoms with van der Waals surface area (Å²) in [4.78, 5) is 24.7. The summed E-state index contributed by atoms with van der Waals surface area (Å²) in [5.41, 5.74) is 0. The number of hydrogen-bond acceptors (Lipinski definition) is 4. The van der Waals surface area contributed by atoms with Crippen molar-refractivity contribution in [1.82, 2.24) is 9.80 Å². The van der Waals surface area contributed by atoms with Crippen LogP contribution in [0, 0.1) is 0 Å². The van der Waals surface area contributed by atoms with E-state index in [4.69, 9.17) is 10.2 Å². The molecule has 6 heteroatoms. The first kappa shape index (κ1) is 9.94. The fraction of sp³-hybridized carbons (Fsp3) is 0.714. The van der Waals surface area contributed by atoms with Crippen LogP contribution < -0.4 is 0 Å². The number of nitrogens with zero attached hydrogens (tertiary/aromatic N) is 2. The van der Waals surface area contributed by atoms with Crippen LogP contribution in [0.5, 0.6) is 0 Å². The molecule has 0 radical (unpaired) electrons. The molecule has 6 nitrogen and oxygen atoms in total. The van der Waals surface area contributed by atoms with E-state index >= 15 is 0 Å². The van der Waals surface area contributed by atoms with Crippen LogP contribution in [0.4, 0.5) is 4.79 Å². The number of urea groups is 1. The second kappa shape index (κ2) is 3.31. The average Bonchev–Trinajstić information content (AvgIpc) is 2.22. The molecule has 0 aromatic carbocycles. The van der Waals surface area contributed by atoms with E-state index in [1.54, 1.807) is 6.92 Å². The largest absolute Gasteiger partial charge is 0.367 e. The number of β-amino-alcohol motifs (C(OH)–C–C–N with tert-alkyl or cyclic N) is 2. The zero-order chi connectivity index (χ0) is 10.2. The predicted molar refractivity (Wildman–Crippen MR) is 42.6 cm³/mol. The summed E-state index contributed by atoms with van der Waals surface area (Å²) in [6.45, 7) is 1.22. The highest BCUT2D eigenvalue weighted by atomic mass is 16.5. The zero-order valence-electron chi connectivity index (χ0n) is 7.47. The quantitative estimate of drug-likeness (QED) is 0.411. The monoisotopic (exact) mass is 188 g/mol. The molecule has 0 saturated carbocycles. The van der Waals surface area contributed by atoms with Gasteiger partial charge in [-0.3, -0.25) is 9.69 Å². The van der Waals surface area contributed by atoms with Gasteiger partial charge in [0.25, 0.3) is 5.91 Å². The van der Waals surface area contributed by atoms with Crippen LogP contribution in [0.1, 0.15) is 6.92 Å². The Morgan fingerprint density at radius 2 is 2.00 bits per heavy atom. The van der Waals surface area contributed by atoms with Gasteiger partial charge in [-0.05, 0) is 6.92 Å². The van der Waals surface area contributed by atoms with Gasteiger partial charge < -0.3 is 15.1 Å². The Balaban J connectivity index is 2.76. The van der Waals surface area contributed by atoms with Crippen molar-refractivity contribution in [1.29, 1.82) is 0 Å². The molecule has 13 heavy (non-hydrogen) atoms. The first-order valence-electron chi connectivity index (χ1n) is 3.89. The third-order valence-corrected chi connectivity index (χ3v) is 2.08. The summed E-state index contributed by atoms with van der Waals surface area (Å²) >= 11 is 0. The lowest BCUT2D eigenvalue weighted by molar-refractivity contribution is -0.132. The van der Waals surface area contributed by atoms with E-state index in [1.165, 1.54) is 11.9 Å². The summed E-state index contributed by atoms with van der Waals surface area (Å²) < 4.78 is 0. The minimum absolute atomic E-state index is 0.369. The highest BCUT2D eigenvalue weighted by molar-refractivity contribution is 6.03. The number of carbonyl (C=O) groups is 2. The van der Waals surface area contributed by atoms with Gasteiger partial charge in [0.05, 0.1) is 6.54 Å². The van der Waals surface area contributed by atoms with Crippen LogP contribution in [0.25, 0.3) is 0 Å². The first-order valence-corrected chi connectivity index (χ1v) is 3.89. The van der Waals surface area contributed by atoms with Crippen LogP contribution in [0.3, 0.4) is 0 Å². The molecule has 0 spiro atoms. The van der Waals surface area contributed by atoms with Gasteiger partial charge in [-0.15, -0.1) is 0 Å². The normalized spacial score (nSPS) is 23.6. The molecule has 1 aliphatic rings. The van der Waals surface area contributed by atoms with Gasteiger partial charge >= 0.3 is 6.03 Å². The topological polar surface area (TPSA) is 81.1 Å². The first-order chi connectivity index (χ1) is 5.95. The number of rotatable bonds is 2. The maximum absolute atomic E-state index is 11.3. The SMILES string of the molecule is CC1C(=O)N(CC(O)O)C(=O)N1C. The Labute approximate surface area is 75.4 Å². The van der Waals surface area contributed by atoms with Gasteiger partial charge in [0, 0.05) is 7.05 Å². The molecule has 0 aromatic rings. The van der Waals surface area contributed by atoms with Crippen LogP contribution in [-0.2, 0) is 4.79 Å². The smallest absolute Gasteiger partial charge is 0.327 e. The summed E-state index contributed by atoms with van der Waals surface area (Å²) in [7, 11) is 1.49. The van der Waals surface area contributed by atoms with Crippen molar-refractivity contribution in [3.05, 3.63) is 0 Å². The van der Waals surface area contributed by atoms with E-state index in [9.17, 15) is 9.59 Å². The van der Waals surface area contributed by atoms with E-state index in [1.807, 2.05) is 0 Å². The number of likely N-dealkylation sites (N-methyl/N-ethyl adjacent to an activating group) is 1. The van der Waals surface area contributed by atoms with Crippen molar-refractivity contribution < 1.29 is 19.8 Å². The van der Waals surface area contributed by atoms with E-state index in [0.717, 1.165) is 4.90 Å². The van der Waals surface area contributed by atoms with Crippen molar-refractivity contribution in [3.63, 3.8) is 0 Å². The summed E-state index contributed by atoms with van der Waals surface area (Å²) in [6, 6.07) is -1.02. The second-order valence-electron chi connectivity index (χ2n) is 3.00. The number of imide groups is 1. The standard InChI is InChI=1S/C7H12N2O4/c1-4-6(12)9(3-5(10)11)7(13)8(4)2/h4-5,10-11H,3H2,1-2H3. The van der Waals surface area contributed by atoms with E-state index in [0.29, 0.717) is 0 Å². The Morgan fingerprint density at radius 1 is 1.46 bits per heavy atom. The lowest BCUT2D eigenvalue weighted by Crippen LogP contribution is -2.37. The molecule has 1 aliphatic heterocycles. The molecule has 1 unspecified atom stereocenters. The molecular formula is C7H12N2O4. The van der Waals surface area contributed by atoms with E-state index in [2.05, 4.69) is 0 Å². The highest BCUT2D eigenvalue weighted by Gasteiger charge is 2.40. The maximum atomic E-state index is 11.3. The van der Waals surface area contributed by atoms with Crippen LogP contribution in [0.15, 0.2) is 0 Å². The van der Waals surface area contributed by atoms with Crippen molar-refractivity contribution in [2.24, 2.45) is 0 Å². The maximum Gasteiger partial charge on any atom is 0.327 e. The van der Waals surface area contributed by atoms with Crippen molar-refractivity contribution in [2.45, 2.75) is 19.3 Å². The highest BCUT2D eigenvalue weighted by Crippen LogP contribution is 2.14. The Morgan fingerprint density at radius 3 is 2.31 bits per heavy atom. The zero-order valence-corrected chi connectivity index (χ0v) is 7.47. The number of aliphatic hydroxyl groups excluding tert-OH is 1. The lowest BCUT2D eigenvalue weighted by Gasteiger charge is -2.14. The minimum atomic E-state index is -1.67. The molecule has 0 aromatic heterocycles. The Kier molecular flexibility index (Phi) is 2.53. The molecule has 1 fully saturated rings. The molecule has 1 heterocycles. The van der Waals surface area contributed by atoms with Gasteiger partial charge in [-0.1, -0.05) is 0 Å². The lowest BCUT2D eigenvalue weighted by atomic mass is 10.3. The van der Waals surface area contributed by atoms with Gasteiger partial charge in [0.1, 0.15) is 6.04 Å². The number of aliphatic hydroxyl groups is 2. The molecule has 0 aliphatic carbocycles. The molecule has 0 bridgehead atoms. The summed E-state index contributed by atoms with van der Waals surface area (Å²) in [5, 5.41) is 17.2. The third-order valence-electron chi connectivity index (χ3n) is 2.08. The van der Waals surface area contributed by atoms with Gasteiger partial charge in [-0.25, -0.2) is 4.79 Å². The second-order valence-corrected chi connectivity index (χ2v) is 3.00. The summed E-state index contributed by atoms with van der Waals surface area (Å²) in [5.74, 6) is -0.402. The molecule has 1 saturated heterocycles. The predicted octanol–water partition coefficient (Wildman–Crippen LogP) is -1.42. The fourth-order valence-electron chi connectivity index (χ4n) is 1.17. The van der Waals surface area contributed by atoms with Crippen LogP contribution >= 0.6 is 0 Å². The number of carbonyl (C=O) groups excluding carboxylic acids is 2. The molecule has 1 atom stereocenters. The summed E-state index contributed by atoms with van der Waals surface area (Å²) in [6.07, 6.45) is -1.67. The van der Waals surface area contributed by atoms with Crippen LogP contribution in [-0.4, -0.2) is 57.9 Å². The fourth-order valence-corrected chi connectivity index (χ4v) is 1.17. The number of hydrogen-bond donors (Lipinski definition) is 2. The van der Waals surface area contributed by atoms with Gasteiger partial charge in [0.2, 0.25) is 0 Å². The van der Waals surface area contributed by atoms with Crippen molar-refractivity contribution >= 4 is 11.9 Å². The van der Waals surface area contributed by atoms with Crippen molar-refractivity contribution in [3.8, 4) is 0 Å². The Bertz CT molecular complexity index is 221. The number of amides is 3. The Hall–Kier alpha value is -1.14. The molecule has 74 valence electrons. The van der Waals surface area contributed by atoms with Gasteiger partial charge in [-0.2, -0.15) is 0 Å². The van der Waals surface area contributed by atoms with Crippen LogP contribution in [0.2, 0.25) is 0 Å². The molecule has 1 rings (SSSR count). The van der Waals surface area contributed by atoms with Crippen molar-refractivity contribution in [2.75, 3.05) is 13.6 Å². The van der Waals surface area contributed by atoms with Gasteiger partial charge in [0.15, 0.2) is 6.29 Å². The van der Waals surface area contributed by atoms with E-state index in [-0.39, 0.29) is 6.54 Å². The van der Waals surface area contributed by atoms with E-state index < -0.39 is 24.3 Å². The third kappa shape index (κ3) is 1.63. The molecule has 3 amide bonds. The molecular weight excluding hydrogens is 176 g/mol.